The highest BCUT2D eigenvalue weighted by Crippen LogP contribution is 2.44. The lowest BCUT2D eigenvalue weighted by Gasteiger charge is -2.28. The summed E-state index contributed by atoms with van der Waals surface area (Å²) < 4.78 is 207. The molecule has 0 spiro atoms. The van der Waals surface area contributed by atoms with Crippen molar-refractivity contribution < 1.29 is 89.3 Å². The lowest BCUT2D eigenvalue weighted by molar-refractivity contribution is -0.350. The van der Waals surface area contributed by atoms with Crippen molar-refractivity contribution >= 4 is 11.9 Å². The Morgan fingerprint density at radius 2 is 0.794 bits per heavy atom. The van der Waals surface area contributed by atoms with Crippen LogP contribution in [0, 0.1) is 0 Å². The highest BCUT2D eigenvalue weighted by molar-refractivity contribution is 5.91. The molecular formula is C14H8F16O4. The Morgan fingerprint density at radius 3 is 1.00 bits per heavy atom. The topological polar surface area (TPSA) is 52.6 Å². The minimum atomic E-state index is -6.33. The largest absolute Gasteiger partial charge is 0.469 e. The smallest absolute Gasteiger partial charge is 0.393 e. The van der Waals surface area contributed by atoms with Crippen LogP contribution >= 0.6 is 0 Å². The average Bonchev–Trinajstić information content (AvgIpc) is 2.55. The van der Waals surface area contributed by atoms with Gasteiger partial charge in [-0.25, -0.2) is 18.4 Å². The second-order valence-electron chi connectivity index (χ2n) is 6.03. The van der Waals surface area contributed by atoms with Gasteiger partial charge in [0.15, 0.2) is 12.3 Å². The molecule has 0 aromatic carbocycles. The minimum Gasteiger partial charge on any atom is -0.393 e. The van der Waals surface area contributed by atoms with Gasteiger partial charge in [0.05, 0.1) is 12.8 Å². The summed E-state index contributed by atoms with van der Waals surface area (Å²) in [5.74, 6) is -18.4. The summed E-state index contributed by atoms with van der Waals surface area (Å²) in [5, 5.41) is 0. The molecule has 0 radical (unpaired) electrons. The first-order chi connectivity index (χ1) is 14.8. The summed E-state index contributed by atoms with van der Waals surface area (Å²) in [6.45, 7) is 0. The van der Waals surface area contributed by atoms with Crippen LogP contribution in [0.4, 0.5) is 70.2 Å². The fourth-order valence-corrected chi connectivity index (χ4v) is 1.62. The lowest BCUT2D eigenvalue weighted by atomic mass is 10.1. The van der Waals surface area contributed by atoms with Crippen molar-refractivity contribution in [3.05, 3.63) is 12.2 Å². The zero-order valence-electron chi connectivity index (χ0n) is 15.4. The first kappa shape index (κ1) is 31.6. The number of ether oxygens (including phenoxy) is 2. The Kier molecular flexibility index (Phi) is 9.32. The Labute approximate surface area is 176 Å². The Morgan fingerprint density at radius 1 is 0.559 bits per heavy atom. The van der Waals surface area contributed by atoms with Gasteiger partial charge in [0.25, 0.3) is 0 Å². The molecule has 0 aromatic rings. The van der Waals surface area contributed by atoms with E-state index in [9.17, 15) is 79.8 Å². The molecule has 0 saturated heterocycles. The number of hydrogen-bond donors (Lipinski definition) is 0. The molecule has 0 rings (SSSR count). The minimum absolute atomic E-state index is 0.819. The van der Waals surface area contributed by atoms with E-state index in [-0.39, 0.29) is 0 Å². The third-order valence-corrected chi connectivity index (χ3v) is 3.20. The number of esters is 2. The lowest BCUT2D eigenvalue weighted by Crippen LogP contribution is -2.51. The predicted molar refractivity (Wildman–Crippen MR) is 72.2 cm³/mol. The van der Waals surface area contributed by atoms with Gasteiger partial charge >= 0.3 is 48.4 Å². The van der Waals surface area contributed by atoms with Crippen LogP contribution in [0.2, 0.25) is 0 Å². The van der Waals surface area contributed by atoms with E-state index in [1.54, 1.807) is 0 Å². The molecule has 0 N–H and O–H groups in total. The van der Waals surface area contributed by atoms with Crippen LogP contribution in [0.3, 0.4) is 0 Å². The van der Waals surface area contributed by atoms with E-state index in [1.165, 1.54) is 0 Å². The van der Waals surface area contributed by atoms with Crippen molar-refractivity contribution in [3.8, 4) is 0 Å². The van der Waals surface area contributed by atoms with E-state index in [4.69, 9.17) is 0 Å². The molecule has 0 aliphatic heterocycles. The second-order valence-corrected chi connectivity index (χ2v) is 6.03. The van der Waals surface area contributed by atoms with Crippen molar-refractivity contribution in [1.29, 1.82) is 0 Å². The molecule has 0 saturated carbocycles. The highest BCUT2D eigenvalue weighted by Gasteiger charge is 2.68. The van der Waals surface area contributed by atoms with Gasteiger partial charge in [0.2, 0.25) is 0 Å². The van der Waals surface area contributed by atoms with Gasteiger partial charge in [-0.3, -0.25) is 0 Å². The molecule has 0 aliphatic rings. The van der Waals surface area contributed by atoms with Crippen LogP contribution < -0.4 is 0 Å². The molecule has 4 nitrogen and oxygen atoms in total. The Hall–Kier alpha value is -2.44. The maximum atomic E-state index is 13.2. The van der Waals surface area contributed by atoms with E-state index in [0.717, 1.165) is 0 Å². The van der Waals surface area contributed by atoms with Gasteiger partial charge in [-0.15, -0.1) is 0 Å². The van der Waals surface area contributed by atoms with Crippen molar-refractivity contribution in [2.24, 2.45) is 0 Å². The van der Waals surface area contributed by atoms with Crippen molar-refractivity contribution in [2.75, 3.05) is 0 Å². The molecule has 0 bridgehead atoms. The maximum Gasteiger partial charge on any atom is 0.469 e. The first-order valence-corrected chi connectivity index (χ1v) is 7.82. The summed E-state index contributed by atoms with van der Waals surface area (Å²) in [6.07, 6.45) is -41.4. The van der Waals surface area contributed by atoms with Gasteiger partial charge < -0.3 is 9.47 Å². The van der Waals surface area contributed by atoms with Gasteiger partial charge in [-0.05, 0) is 0 Å². The average molecular weight is 544 g/mol. The summed E-state index contributed by atoms with van der Waals surface area (Å²) in [5.41, 5.74) is 0. The zero-order valence-corrected chi connectivity index (χ0v) is 15.4. The number of halogens is 16. The number of hydrogen-bond acceptors (Lipinski definition) is 4. The number of carbonyl (C=O) groups is 2. The quantitative estimate of drug-likeness (QED) is 0.202. The fraction of sp³-hybridized carbons (Fsp3) is 0.714. The van der Waals surface area contributed by atoms with Crippen LogP contribution in [0.1, 0.15) is 12.8 Å². The summed E-state index contributed by atoms with van der Waals surface area (Å²) in [4.78, 5) is 21.9. The van der Waals surface area contributed by atoms with Crippen molar-refractivity contribution in [3.63, 3.8) is 0 Å². The summed E-state index contributed by atoms with van der Waals surface area (Å²) in [6, 6.07) is 0. The van der Waals surface area contributed by atoms with E-state index in [0.29, 0.717) is 0 Å². The predicted octanol–water partition coefficient (Wildman–Crippen LogP) is 5.67. The Balaban J connectivity index is 5.29. The van der Waals surface area contributed by atoms with Gasteiger partial charge in [0, 0.05) is 12.2 Å². The monoisotopic (exact) mass is 544 g/mol. The molecule has 2 atom stereocenters. The van der Waals surface area contributed by atoms with Crippen molar-refractivity contribution in [2.45, 2.75) is 61.6 Å². The molecule has 2 unspecified atom stereocenters. The number of alkyl halides is 16. The molecule has 0 aromatic heterocycles. The fourth-order valence-electron chi connectivity index (χ4n) is 1.62. The van der Waals surface area contributed by atoms with Crippen LogP contribution in [-0.2, 0) is 19.1 Å². The first-order valence-electron chi connectivity index (χ1n) is 7.82. The molecule has 200 valence electrons. The summed E-state index contributed by atoms with van der Waals surface area (Å²) in [7, 11) is 0. The van der Waals surface area contributed by atoms with Crippen LogP contribution in [-0.4, -0.2) is 60.7 Å². The molecule has 0 heterocycles. The molecule has 0 amide bonds. The number of carbonyl (C=O) groups excluding carboxylic acids is 2. The zero-order chi connectivity index (χ0) is 27.6. The standard InChI is InChI=1S/C14H8F16O4/c15-5(3-9(17,18)19)11(23,24)13(27,28)33-7(31)1-2-8(32)34-14(29,30)12(25,26)6(16)4-10(20,21)22/h1-2,5-6H,3-4H2/b2-1+. The van der Waals surface area contributed by atoms with E-state index in [1.807, 2.05) is 0 Å². The third kappa shape index (κ3) is 8.73. The maximum absolute atomic E-state index is 13.2. The molecule has 0 fully saturated rings. The van der Waals surface area contributed by atoms with Crippen LogP contribution in [0.5, 0.6) is 0 Å². The van der Waals surface area contributed by atoms with Crippen molar-refractivity contribution in [1.82, 2.24) is 0 Å². The molecule has 0 aliphatic carbocycles. The third-order valence-electron chi connectivity index (χ3n) is 3.20. The highest BCUT2D eigenvalue weighted by atomic mass is 19.4. The number of rotatable bonds is 10. The molecule has 20 heteroatoms. The van der Waals surface area contributed by atoms with E-state index in [2.05, 4.69) is 9.47 Å². The van der Waals surface area contributed by atoms with Gasteiger partial charge in [-0.2, -0.15) is 61.5 Å². The molecule has 34 heavy (non-hydrogen) atoms. The Bertz CT molecular complexity index is 692. The van der Waals surface area contributed by atoms with E-state index < -0.39 is 85.7 Å². The normalized spacial score (nSPS) is 16.4. The molecular weight excluding hydrogens is 536 g/mol. The van der Waals surface area contributed by atoms with E-state index >= 15 is 0 Å². The second kappa shape index (κ2) is 10.0. The van der Waals surface area contributed by atoms with Gasteiger partial charge in [-0.1, -0.05) is 0 Å². The van der Waals surface area contributed by atoms with Crippen LogP contribution in [0.25, 0.3) is 0 Å². The van der Waals surface area contributed by atoms with Crippen LogP contribution in [0.15, 0.2) is 12.2 Å². The van der Waals surface area contributed by atoms with Gasteiger partial charge in [0.1, 0.15) is 0 Å². The summed E-state index contributed by atoms with van der Waals surface area (Å²) >= 11 is 0. The SMILES string of the molecule is O=C(/C=C/C(=O)OC(F)(F)C(F)(F)C(F)CC(F)(F)F)OC(F)(F)C(F)(F)C(F)CC(F)(F)F.